The Morgan fingerprint density at radius 1 is 0.368 bits per heavy atom. The number of rotatable bonds is 5. The average molecular weight is 729 g/mol. The van der Waals surface area contributed by atoms with Gasteiger partial charge in [0.2, 0.25) is 0 Å². The summed E-state index contributed by atoms with van der Waals surface area (Å²) < 4.78 is 11.3. The Balaban J connectivity index is 0.998. The quantitative estimate of drug-likeness (QED) is 0.176. The molecular weight excluding hydrogens is 701 g/mol. The smallest absolute Gasteiger partial charge is 0.165 e. The molecule has 0 aliphatic heterocycles. The van der Waals surface area contributed by atoms with Crippen LogP contribution in [0.2, 0.25) is 0 Å². The summed E-state index contributed by atoms with van der Waals surface area (Å²) in [6.45, 7) is 0. The molecule has 0 aliphatic carbocycles. The molecular formula is C50H28N6O. The van der Waals surface area contributed by atoms with Crippen molar-refractivity contribution in [2.75, 3.05) is 0 Å². The molecule has 7 nitrogen and oxygen atoms in total. The molecule has 264 valence electrons. The van der Waals surface area contributed by atoms with E-state index in [4.69, 9.17) is 24.4 Å². The predicted molar refractivity (Wildman–Crippen MR) is 229 cm³/mol. The van der Waals surface area contributed by atoms with E-state index < -0.39 is 0 Å². The van der Waals surface area contributed by atoms with E-state index in [1.54, 1.807) is 0 Å². The van der Waals surface area contributed by atoms with Gasteiger partial charge in [0, 0.05) is 49.8 Å². The molecule has 0 radical (unpaired) electrons. The van der Waals surface area contributed by atoms with Crippen LogP contribution in [0.4, 0.5) is 0 Å². The zero-order valence-electron chi connectivity index (χ0n) is 30.3. The van der Waals surface area contributed by atoms with E-state index in [-0.39, 0.29) is 0 Å². The molecule has 0 saturated heterocycles. The van der Waals surface area contributed by atoms with Crippen molar-refractivity contribution in [3.63, 3.8) is 0 Å². The van der Waals surface area contributed by atoms with E-state index >= 15 is 0 Å². The van der Waals surface area contributed by atoms with Crippen LogP contribution < -0.4 is 0 Å². The van der Waals surface area contributed by atoms with Crippen LogP contribution in [0.1, 0.15) is 0 Å². The highest BCUT2D eigenvalue weighted by molar-refractivity contribution is 6.37. The molecule has 7 aromatic carbocycles. The minimum Gasteiger partial charge on any atom is -0.456 e. The van der Waals surface area contributed by atoms with Crippen LogP contribution in [-0.2, 0) is 0 Å². The fourth-order valence-corrected chi connectivity index (χ4v) is 9.06. The van der Waals surface area contributed by atoms with Crippen molar-refractivity contribution in [2.45, 2.75) is 0 Å². The van der Waals surface area contributed by atoms with Crippen LogP contribution >= 0.6 is 0 Å². The van der Waals surface area contributed by atoms with Crippen molar-refractivity contribution in [1.82, 2.24) is 28.9 Å². The maximum atomic E-state index is 6.57. The lowest BCUT2D eigenvalue weighted by Crippen LogP contribution is -2.01. The maximum absolute atomic E-state index is 6.57. The van der Waals surface area contributed by atoms with Crippen LogP contribution in [0, 0.1) is 0 Å². The molecule has 0 saturated carbocycles. The number of benzene rings is 7. The van der Waals surface area contributed by atoms with Crippen LogP contribution in [0.3, 0.4) is 0 Å². The lowest BCUT2D eigenvalue weighted by atomic mass is 10.0. The molecule has 0 spiro atoms. The van der Waals surface area contributed by atoms with Gasteiger partial charge in [-0.3, -0.25) is 4.57 Å². The van der Waals surface area contributed by atoms with E-state index in [9.17, 15) is 0 Å². The highest BCUT2D eigenvalue weighted by Crippen LogP contribution is 2.48. The van der Waals surface area contributed by atoms with Crippen molar-refractivity contribution >= 4 is 71.1 Å². The summed E-state index contributed by atoms with van der Waals surface area (Å²) in [6.07, 6.45) is 1.88. The minimum absolute atomic E-state index is 0.562. The summed E-state index contributed by atoms with van der Waals surface area (Å²) in [4.78, 5) is 20.1. The van der Waals surface area contributed by atoms with Gasteiger partial charge < -0.3 is 8.82 Å². The summed E-state index contributed by atoms with van der Waals surface area (Å²) in [7, 11) is 0. The lowest BCUT2D eigenvalue weighted by Gasteiger charge is -2.10. The van der Waals surface area contributed by atoms with Crippen LogP contribution in [0.15, 0.2) is 174 Å². The maximum Gasteiger partial charge on any atom is 0.165 e. The lowest BCUT2D eigenvalue weighted by molar-refractivity contribution is 0.669. The molecule has 0 unspecified atom stereocenters. The summed E-state index contributed by atoms with van der Waals surface area (Å²) in [5.74, 6) is 2.58. The summed E-state index contributed by atoms with van der Waals surface area (Å²) >= 11 is 0. The minimum atomic E-state index is 0.562. The van der Waals surface area contributed by atoms with Crippen molar-refractivity contribution in [2.24, 2.45) is 0 Å². The van der Waals surface area contributed by atoms with Crippen LogP contribution in [0.25, 0.3) is 122 Å². The van der Waals surface area contributed by atoms with Gasteiger partial charge in [0.1, 0.15) is 17.0 Å². The molecule has 0 atom stereocenters. The number of para-hydroxylation sites is 1. The summed E-state index contributed by atoms with van der Waals surface area (Å²) in [6, 6.07) is 56.8. The highest BCUT2D eigenvalue weighted by atomic mass is 16.3. The molecule has 13 aromatic rings. The van der Waals surface area contributed by atoms with Gasteiger partial charge >= 0.3 is 0 Å². The predicted octanol–water partition coefficient (Wildman–Crippen LogP) is 12.4. The Labute approximate surface area is 324 Å². The number of fused-ring (bicyclic) bond motifs is 4. The van der Waals surface area contributed by atoms with E-state index in [0.29, 0.717) is 17.5 Å². The number of nitrogens with zero attached hydrogens (tertiary/aromatic N) is 6. The second-order valence-electron chi connectivity index (χ2n) is 14.6. The van der Waals surface area contributed by atoms with Crippen LogP contribution in [0.5, 0.6) is 0 Å². The van der Waals surface area contributed by atoms with E-state index in [2.05, 4.69) is 136 Å². The van der Waals surface area contributed by atoms with E-state index in [1.165, 1.54) is 32.6 Å². The highest BCUT2D eigenvalue weighted by Gasteiger charge is 2.26. The molecule has 6 aromatic heterocycles. The standard InChI is InChI=1S/C50H28N6O/c1-3-10-29(11-4-1)30-18-20-32(21-19-30)49-52-48(31-12-5-2-6-13-31)53-50(54-49)33-22-27-42(51-28-33)55-37-16-9-17-38-43(37)44-39(55)24-26-40-45(44)46-41(57-40)25-23-35-34-14-7-8-15-36(34)56(38)47(35)46/h1-28H. The SMILES string of the molecule is c1ccc(-c2ccc(-c3nc(-c4ccccc4)nc(-c4ccc(-n5c6ccc7oc8ccc9c%10ccccc%10n%10c%11cccc5c%11c6c7c8c9%10)nc4)n3)cc2)cc1. The van der Waals surface area contributed by atoms with Gasteiger partial charge in [-0.05, 0) is 65.7 Å². The van der Waals surface area contributed by atoms with E-state index in [0.717, 1.165) is 72.1 Å². The largest absolute Gasteiger partial charge is 0.456 e. The zero-order chi connectivity index (χ0) is 37.2. The molecule has 0 fully saturated rings. The number of furan rings is 1. The van der Waals surface area contributed by atoms with Gasteiger partial charge in [0.25, 0.3) is 0 Å². The number of pyridine rings is 1. The molecule has 0 aliphatic rings. The second kappa shape index (κ2) is 11.3. The first-order valence-corrected chi connectivity index (χ1v) is 19.1. The first-order valence-electron chi connectivity index (χ1n) is 19.1. The number of hydrogen-bond donors (Lipinski definition) is 0. The monoisotopic (exact) mass is 728 g/mol. The van der Waals surface area contributed by atoms with Gasteiger partial charge in [0.15, 0.2) is 17.5 Å². The third-order valence-electron chi connectivity index (χ3n) is 11.6. The first kappa shape index (κ1) is 30.4. The van der Waals surface area contributed by atoms with Crippen molar-refractivity contribution in [3.05, 3.63) is 170 Å². The normalized spacial score (nSPS) is 12.2. The Hall–Kier alpha value is -7.90. The Bertz CT molecular complexity index is 3660. The van der Waals surface area contributed by atoms with Gasteiger partial charge in [-0.2, -0.15) is 0 Å². The topological polar surface area (TPSA) is 74.0 Å². The van der Waals surface area contributed by atoms with Gasteiger partial charge in [-0.15, -0.1) is 0 Å². The molecule has 57 heavy (non-hydrogen) atoms. The fraction of sp³-hybridized carbons (Fsp3) is 0. The third-order valence-corrected chi connectivity index (χ3v) is 11.6. The number of aromatic nitrogens is 6. The molecule has 0 N–H and O–H groups in total. The van der Waals surface area contributed by atoms with Crippen molar-refractivity contribution in [1.29, 1.82) is 0 Å². The zero-order valence-corrected chi connectivity index (χ0v) is 30.3. The Morgan fingerprint density at radius 2 is 0.947 bits per heavy atom. The second-order valence-corrected chi connectivity index (χ2v) is 14.6. The fourth-order valence-electron chi connectivity index (χ4n) is 9.06. The van der Waals surface area contributed by atoms with Gasteiger partial charge in [-0.25, -0.2) is 19.9 Å². The molecule has 0 bridgehead atoms. The van der Waals surface area contributed by atoms with Crippen LogP contribution in [-0.4, -0.2) is 28.9 Å². The molecule has 0 amide bonds. The number of hydrogen-bond acceptors (Lipinski definition) is 5. The van der Waals surface area contributed by atoms with E-state index in [1.807, 2.05) is 42.6 Å². The first-order chi connectivity index (χ1) is 28.3. The Morgan fingerprint density at radius 3 is 1.72 bits per heavy atom. The van der Waals surface area contributed by atoms with Crippen molar-refractivity contribution < 1.29 is 4.42 Å². The van der Waals surface area contributed by atoms with Gasteiger partial charge in [0.05, 0.1) is 33.0 Å². The summed E-state index contributed by atoms with van der Waals surface area (Å²) in [5.41, 5.74) is 12.4. The van der Waals surface area contributed by atoms with Gasteiger partial charge in [-0.1, -0.05) is 109 Å². The molecule has 6 heterocycles. The summed E-state index contributed by atoms with van der Waals surface area (Å²) in [5, 5.41) is 7.11. The molecule has 7 heteroatoms. The van der Waals surface area contributed by atoms with Crippen molar-refractivity contribution in [3.8, 4) is 51.1 Å². The Kier molecular flexibility index (Phi) is 6.04. The molecule has 13 rings (SSSR count). The average Bonchev–Trinajstić information content (AvgIpc) is 3.91. The third kappa shape index (κ3) is 4.25.